The van der Waals surface area contributed by atoms with Crippen molar-refractivity contribution in [2.75, 3.05) is 0 Å². The zero-order valence-corrected chi connectivity index (χ0v) is 18.0. The van der Waals surface area contributed by atoms with Crippen LogP contribution in [0.25, 0.3) is 5.57 Å². The van der Waals surface area contributed by atoms with Crippen molar-refractivity contribution in [1.82, 2.24) is 4.98 Å². The Balaban J connectivity index is 1.77. The fourth-order valence-corrected chi connectivity index (χ4v) is 5.22. The largest absolute Gasteiger partial charge is 0.264 e. The van der Waals surface area contributed by atoms with E-state index in [1.165, 1.54) is 43.2 Å². The predicted octanol–water partition coefficient (Wildman–Crippen LogP) is 7.62. The summed E-state index contributed by atoms with van der Waals surface area (Å²) in [7, 11) is 0. The Morgan fingerprint density at radius 1 is 1.33 bits per heavy atom. The first-order valence-corrected chi connectivity index (χ1v) is 10.9. The quantitative estimate of drug-likeness (QED) is 0.506. The smallest absolute Gasteiger partial charge is 0.0343 e. The van der Waals surface area contributed by atoms with Gasteiger partial charge in [0, 0.05) is 12.4 Å². The highest BCUT2D eigenvalue weighted by molar-refractivity contribution is 5.71. The van der Waals surface area contributed by atoms with Gasteiger partial charge in [0.05, 0.1) is 0 Å². The monoisotopic (exact) mass is 363 g/mol. The highest BCUT2D eigenvalue weighted by Crippen LogP contribution is 2.53. The van der Waals surface area contributed by atoms with Gasteiger partial charge in [-0.2, -0.15) is 0 Å². The maximum Gasteiger partial charge on any atom is 0.0343 e. The molecule has 1 aromatic rings. The van der Waals surface area contributed by atoms with Crippen LogP contribution in [-0.2, 0) is 0 Å². The molecular weight excluding hydrogens is 326 g/mol. The molecule has 0 bridgehead atoms. The Labute approximate surface area is 166 Å². The Kier molecular flexibility index (Phi) is 6.08. The van der Waals surface area contributed by atoms with E-state index < -0.39 is 0 Å². The Hall–Kier alpha value is -1.63. The molecule has 27 heavy (non-hydrogen) atoms. The molecule has 0 N–H and O–H groups in total. The molecule has 2 aliphatic rings. The van der Waals surface area contributed by atoms with Crippen LogP contribution in [0.2, 0.25) is 0 Å². The second-order valence-electron chi connectivity index (χ2n) is 9.28. The van der Waals surface area contributed by atoms with Gasteiger partial charge in [0.1, 0.15) is 0 Å². The first-order valence-electron chi connectivity index (χ1n) is 10.9. The molecular formula is C26H37N. The molecule has 0 amide bonds. The first kappa shape index (κ1) is 20.1. The minimum atomic E-state index is 0.257. The first-order chi connectivity index (χ1) is 12.9. The summed E-state index contributed by atoms with van der Waals surface area (Å²) < 4.78 is 0. The van der Waals surface area contributed by atoms with Crippen molar-refractivity contribution in [2.45, 2.75) is 73.1 Å². The summed E-state index contributed by atoms with van der Waals surface area (Å²) >= 11 is 0. The summed E-state index contributed by atoms with van der Waals surface area (Å²) in [4.78, 5) is 4.37. The number of rotatable bonds is 6. The van der Waals surface area contributed by atoms with E-state index in [-0.39, 0.29) is 5.41 Å². The molecule has 0 spiro atoms. The van der Waals surface area contributed by atoms with Crippen LogP contribution in [0, 0.1) is 22.7 Å². The molecule has 1 heteroatoms. The fraction of sp³-hybridized carbons (Fsp3) is 0.577. The third kappa shape index (κ3) is 3.84. The van der Waals surface area contributed by atoms with Gasteiger partial charge in [-0.15, -0.1) is 0 Å². The van der Waals surface area contributed by atoms with Gasteiger partial charge in [-0.25, -0.2) is 0 Å². The number of allylic oxidation sites excluding steroid dienone is 6. The fourth-order valence-electron chi connectivity index (χ4n) is 5.22. The highest BCUT2D eigenvalue weighted by Gasteiger charge is 2.41. The summed E-state index contributed by atoms with van der Waals surface area (Å²) in [5.74, 6) is 1.39. The molecule has 0 saturated heterocycles. The standard InChI is InChI=1S/C26H37N/c1-6-10-23-12-7-8-16-25(23,4)21(3)15-17-26(5)20(2)13-14-24(26)22-11-9-18-27-19-22/h7,9-12,14,18-21H,6,8,13,15-17H2,1-5H3/b23-10-/t20-,21-,25-,26+/m1/s1. The highest BCUT2D eigenvalue weighted by atomic mass is 14.6. The summed E-state index contributed by atoms with van der Waals surface area (Å²) in [6.07, 6.45) is 21.0. The summed E-state index contributed by atoms with van der Waals surface area (Å²) in [5, 5.41) is 0. The average molecular weight is 364 g/mol. The van der Waals surface area contributed by atoms with E-state index in [9.17, 15) is 0 Å². The zero-order chi connectivity index (χ0) is 19.5. The zero-order valence-electron chi connectivity index (χ0n) is 18.0. The molecule has 1 aromatic heterocycles. The Morgan fingerprint density at radius 3 is 2.85 bits per heavy atom. The van der Waals surface area contributed by atoms with E-state index >= 15 is 0 Å². The summed E-state index contributed by atoms with van der Waals surface area (Å²) in [5.41, 5.74) is 4.98. The van der Waals surface area contributed by atoms with Gasteiger partial charge in [0.2, 0.25) is 0 Å². The lowest BCUT2D eigenvalue weighted by atomic mass is 9.63. The number of pyridine rings is 1. The lowest BCUT2D eigenvalue weighted by molar-refractivity contribution is 0.186. The van der Waals surface area contributed by atoms with E-state index in [1.807, 2.05) is 12.4 Å². The van der Waals surface area contributed by atoms with Crippen LogP contribution >= 0.6 is 0 Å². The van der Waals surface area contributed by atoms with Crippen molar-refractivity contribution in [3.8, 4) is 0 Å². The lowest BCUT2D eigenvalue weighted by Gasteiger charge is -2.42. The topological polar surface area (TPSA) is 12.9 Å². The second kappa shape index (κ2) is 8.17. The molecule has 0 radical (unpaired) electrons. The molecule has 0 fully saturated rings. The third-order valence-electron chi connectivity index (χ3n) is 7.75. The van der Waals surface area contributed by atoms with E-state index in [2.05, 4.69) is 76.0 Å². The van der Waals surface area contributed by atoms with Gasteiger partial charge in [-0.1, -0.05) is 65.0 Å². The molecule has 3 rings (SSSR count). The van der Waals surface area contributed by atoms with Crippen LogP contribution in [0.4, 0.5) is 0 Å². The van der Waals surface area contributed by atoms with Gasteiger partial charge in [-0.05, 0) is 84.0 Å². The van der Waals surface area contributed by atoms with Crippen molar-refractivity contribution in [2.24, 2.45) is 22.7 Å². The van der Waals surface area contributed by atoms with Crippen LogP contribution in [0.15, 0.2) is 54.4 Å². The molecule has 0 aromatic carbocycles. The van der Waals surface area contributed by atoms with Gasteiger partial charge in [0.15, 0.2) is 0 Å². The molecule has 1 nitrogen and oxygen atoms in total. The molecule has 0 saturated carbocycles. The molecule has 2 aliphatic carbocycles. The lowest BCUT2D eigenvalue weighted by Crippen LogP contribution is -2.31. The number of hydrogen-bond donors (Lipinski definition) is 0. The average Bonchev–Trinajstić information content (AvgIpc) is 2.97. The second-order valence-corrected chi connectivity index (χ2v) is 9.28. The maximum absolute atomic E-state index is 4.37. The minimum Gasteiger partial charge on any atom is -0.264 e. The van der Waals surface area contributed by atoms with Crippen LogP contribution < -0.4 is 0 Å². The summed E-state index contributed by atoms with van der Waals surface area (Å²) in [6, 6.07) is 4.30. The van der Waals surface area contributed by atoms with Gasteiger partial charge in [-0.3, -0.25) is 4.98 Å². The van der Waals surface area contributed by atoms with Crippen LogP contribution in [-0.4, -0.2) is 4.98 Å². The SMILES string of the molecule is CC/C=C1/C=CCC[C@]1(C)[C@H](C)CC[C@]1(C)C(c2cccnc2)=CC[C@H]1C. The Bertz CT molecular complexity index is 726. The molecule has 0 aliphatic heterocycles. The molecule has 0 unspecified atom stereocenters. The minimum absolute atomic E-state index is 0.257. The summed E-state index contributed by atoms with van der Waals surface area (Å²) in [6.45, 7) is 12.2. The third-order valence-corrected chi connectivity index (χ3v) is 7.75. The van der Waals surface area contributed by atoms with Crippen LogP contribution in [0.1, 0.15) is 78.7 Å². The number of nitrogens with zero attached hydrogens (tertiary/aromatic N) is 1. The predicted molar refractivity (Wildman–Crippen MR) is 117 cm³/mol. The van der Waals surface area contributed by atoms with Crippen LogP contribution in [0.5, 0.6) is 0 Å². The van der Waals surface area contributed by atoms with E-state index in [0.717, 1.165) is 6.42 Å². The van der Waals surface area contributed by atoms with E-state index in [1.54, 1.807) is 5.57 Å². The normalized spacial score (nSPS) is 33.3. The maximum atomic E-state index is 4.37. The van der Waals surface area contributed by atoms with Crippen molar-refractivity contribution in [1.29, 1.82) is 0 Å². The van der Waals surface area contributed by atoms with Crippen molar-refractivity contribution in [3.63, 3.8) is 0 Å². The van der Waals surface area contributed by atoms with Gasteiger partial charge >= 0.3 is 0 Å². The van der Waals surface area contributed by atoms with E-state index in [4.69, 9.17) is 0 Å². The molecule has 146 valence electrons. The number of aromatic nitrogens is 1. The van der Waals surface area contributed by atoms with Crippen molar-refractivity contribution in [3.05, 3.63) is 60.0 Å². The Morgan fingerprint density at radius 2 is 2.15 bits per heavy atom. The van der Waals surface area contributed by atoms with E-state index in [0.29, 0.717) is 17.3 Å². The van der Waals surface area contributed by atoms with Gasteiger partial charge < -0.3 is 0 Å². The van der Waals surface area contributed by atoms with Crippen LogP contribution in [0.3, 0.4) is 0 Å². The van der Waals surface area contributed by atoms with Crippen molar-refractivity contribution < 1.29 is 0 Å². The van der Waals surface area contributed by atoms with Crippen molar-refractivity contribution >= 4 is 5.57 Å². The van der Waals surface area contributed by atoms with Gasteiger partial charge in [0.25, 0.3) is 0 Å². The molecule has 1 heterocycles. The number of hydrogen-bond acceptors (Lipinski definition) is 1. The molecule has 4 atom stereocenters.